The number of carboxylic acids is 1. The number of carbonyl (C=O) groups is 1. The van der Waals surface area contributed by atoms with Crippen molar-refractivity contribution in [3.8, 4) is 5.75 Å². The number of aliphatic hydroxyl groups is 1. The Labute approximate surface area is 213 Å². The third-order valence-corrected chi connectivity index (χ3v) is 7.82. The van der Waals surface area contributed by atoms with Crippen LogP contribution < -0.4 is 4.74 Å². The Morgan fingerprint density at radius 1 is 1.22 bits per heavy atom. The van der Waals surface area contributed by atoms with E-state index in [4.69, 9.17) is 4.74 Å². The number of likely N-dealkylation sites (tertiary alicyclic amines) is 1. The van der Waals surface area contributed by atoms with E-state index in [1.54, 1.807) is 13.3 Å². The van der Waals surface area contributed by atoms with Crippen LogP contribution in [0.4, 0.5) is 0 Å². The molecular formula is C29H39N3O4. The zero-order valence-electron chi connectivity index (χ0n) is 21.5. The van der Waals surface area contributed by atoms with Crippen molar-refractivity contribution in [1.29, 1.82) is 0 Å². The van der Waals surface area contributed by atoms with Gasteiger partial charge in [0.1, 0.15) is 5.75 Å². The molecule has 0 unspecified atom stereocenters. The summed E-state index contributed by atoms with van der Waals surface area (Å²) in [5.41, 5.74) is 3.07. The van der Waals surface area contributed by atoms with Crippen molar-refractivity contribution in [3.63, 3.8) is 0 Å². The topological polar surface area (TPSA) is 87.8 Å². The number of methoxy groups -OCH3 is 1. The number of aliphatic hydroxyl groups excluding tert-OH is 1. The summed E-state index contributed by atoms with van der Waals surface area (Å²) in [7, 11) is 3.72. The third-order valence-electron chi connectivity index (χ3n) is 7.82. The Kier molecular flexibility index (Phi) is 8.99. The Hall–Kier alpha value is -2.90. The highest BCUT2D eigenvalue weighted by Gasteiger charge is 2.30. The fourth-order valence-corrected chi connectivity index (χ4v) is 5.71. The largest absolute Gasteiger partial charge is 0.497 e. The highest BCUT2D eigenvalue weighted by atomic mass is 16.5. The molecular weight excluding hydrogens is 454 g/mol. The molecule has 0 aliphatic carbocycles. The molecule has 1 aromatic carbocycles. The number of hydrogen-bond acceptors (Lipinski definition) is 5. The lowest BCUT2D eigenvalue weighted by Gasteiger charge is -2.39. The lowest BCUT2D eigenvalue weighted by atomic mass is 9.79. The first-order valence-electron chi connectivity index (χ1n) is 13.1. The van der Waals surface area contributed by atoms with Gasteiger partial charge in [-0.3, -0.25) is 9.78 Å². The molecule has 3 aromatic rings. The summed E-state index contributed by atoms with van der Waals surface area (Å²) >= 11 is 0. The van der Waals surface area contributed by atoms with Crippen LogP contribution in [0.15, 0.2) is 48.8 Å². The van der Waals surface area contributed by atoms with Crippen LogP contribution in [0.2, 0.25) is 0 Å². The Balaban J connectivity index is 1.36. The summed E-state index contributed by atoms with van der Waals surface area (Å²) in [4.78, 5) is 18.3. The van der Waals surface area contributed by atoms with Gasteiger partial charge in [0, 0.05) is 43.5 Å². The highest BCUT2D eigenvalue weighted by molar-refractivity contribution is 5.83. The second kappa shape index (κ2) is 12.4. The van der Waals surface area contributed by atoms with Gasteiger partial charge in [-0.25, -0.2) is 0 Å². The number of aromatic nitrogens is 2. The number of fused-ring (bicyclic) bond motifs is 1. The molecule has 0 saturated carbocycles. The average molecular weight is 494 g/mol. The zero-order valence-corrected chi connectivity index (χ0v) is 21.5. The lowest BCUT2D eigenvalue weighted by Crippen LogP contribution is -2.41. The molecule has 4 rings (SSSR count). The summed E-state index contributed by atoms with van der Waals surface area (Å²) in [5, 5.41) is 21.3. The zero-order chi connectivity index (χ0) is 25.5. The number of nitrogens with zero attached hydrogens (tertiary/aromatic N) is 3. The van der Waals surface area contributed by atoms with Gasteiger partial charge in [-0.05, 0) is 105 Å². The molecule has 2 N–H and O–H groups in total. The number of aliphatic carboxylic acids is 1. The van der Waals surface area contributed by atoms with E-state index in [9.17, 15) is 15.0 Å². The van der Waals surface area contributed by atoms with Crippen molar-refractivity contribution >= 4 is 16.9 Å². The lowest BCUT2D eigenvalue weighted by molar-refractivity contribution is -0.137. The van der Waals surface area contributed by atoms with Crippen LogP contribution in [-0.4, -0.2) is 57.4 Å². The van der Waals surface area contributed by atoms with Crippen LogP contribution in [0.5, 0.6) is 5.75 Å². The minimum Gasteiger partial charge on any atom is -0.497 e. The normalized spacial score (nSPS) is 19.4. The quantitative estimate of drug-likeness (QED) is 0.376. The predicted octanol–water partition coefficient (Wildman–Crippen LogP) is 4.83. The Morgan fingerprint density at radius 3 is 2.83 bits per heavy atom. The van der Waals surface area contributed by atoms with Gasteiger partial charge in [-0.1, -0.05) is 0 Å². The molecule has 1 aliphatic rings. The summed E-state index contributed by atoms with van der Waals surface area (Å²) in [6.45, 7) is 3.01. The first kappa shape index (κ1) is 26.2. The van der Waals surface area contributed by atoms with Crippen molar-refractivity contribution in [3.05, 3.63) is 60.0 Å². The van der Waals surface area contributed by atoms with Crippen LogP contribution in [0.1, 0.15) is 55.9 Å². The first-order valence-corrected chi connectivity index (χ1v) is 13.1. The predicted molar refractivity (Wildman–Crippen MR) is 141 cm³/mol. The summed E-state index contributed by atoms with van der Waals surface area (Å²) < 4.78 is 7.55. The first-order chi connectivity index (χ1) is 17.4. The molecule has 0 amide bonds. The number of aryl methyl sites for hydroxylation is 2. The van der Waals surface area contributed by atoms with Crippen molar-refractivity contribution < 1.29 is 19.7 Å². The fourth-order valence-electron chi connectivity index (χ4n) is 5.71. The smallest absolute Gasteiger partial charge is 0.303 e. The second-order valence-electron chi connectivity index (χ2n) is 10.1. The number of benzene rings is 1. The van der Waals surface area contributed by atoms with E-state index in [0.29, 0.717) is 24.7 Å². The van der Waals surface area contributed by atoms with Gasteiger partial charge < -0.3 is 24.4 Å². The van der Waals surface area contributed by atoms with Gasteiger partial charge in [0.2, 0.25) is 0 Å². The van der Waals surface area contributed by atoms with Crippen LogP contribution in [0.25, 0.3) is 10.9 Å². The van der Waals surface area contributed by atoms with Crippen LogP contribution in [-0.2, 0) is 18.3 Å². The molecule has 1 saturated heterocycles. The van der Waals surface area contributed by atoms with Crippen molar-refractivity contribution in [2.24, 2.45) is 18.9 Å². The van der Waals surface area contributed by atoms with E-state index in [1.165, 1.54) is 5.69 Å². The number of rotatable bonds is 12. The SMILES string of the molecule is COc1ccc2nccc([C@H](O)CC[C@@H]3CCN(CCCc4cccn4C)C[C@H]3CCC(=O)O)c2c1. The molecule has 7 heteroatoms. The minimum atomic E-state index is -0.730. The molecule has 2 aromatic heterocycles. The third kappa shape index (κ3) is 6.65. The monoisotopic (exact) mass is 493 g/mol. The number of ether oxygens (including phenoxy) is 1. The van der Waals surface area contributed by atoms with Crippen LogP contribution in [0.3, 0.4) is 0 Å². The van der Waals surface area contributed by atoms with Gasteiger partial charge in [0.15, 0.2) is 0 Å². The number of carboxylic acid groups (broad SMARTS) is 1. The number of hydrogen-bond donors (Lipinski definition) is 2. The van der Waals surface area contributed by atoms with Gasteiger partial charge >= 0.3 is 5.97 Å². The summed E-state index contributed by atoms with van der Waals surface area (Å²) in [6, 6.07) is 11.9. The fraction of sp³-hybridized carbons (Fsp3) is 0.517. The van der Waals surface area contributed by atoms with Crippen molar-refractivity contribution in [2.45, 2.75) is 51.0 Å². The maximum atomic E-state index is 11.3. The van der Waals surface area contributed by atoms with Crippen molar-refractivity contribution in [2.75, 3.05) is 26.7 Å². The van der Waals surface area contributed by atoms with Gasteiger partial charge in [0.05, 0.1) is 18.7 Å². The maximum absolute atomic E-state index is 11.3. The molecule has 7 nitrogen and oxygen atoms in total. The molecule has 0 radical (unpaired) electrons. The molecule has 36 heavy (non-hydrogen) atoms. The van der Waals surface area contributed by atoms with Gasteiger partial charge in [0.25, 0.3) is 0 Å². The van der Waals surface area contributed by atoms with E-state index >= 15 is 0 Å². The highest BCUT2D eigenvalue weighted by Crippen LogP contribution is 2.35. The molecule has 194 valence electrons. The van der Waals surface area contributed by atoms with E-state index < -0.39 is 12.1 Å². The van der Waals surface area contributed by atoms with Crippen molar-refractivity contribution in [1.82, 2.24) is 14.5 Å². The van der Waals surface area contributed by atoms with Crippen LogP contribution in [0, 0.1) is 11.8 Å². The maximum Gasteiger partial charge on any atom is 0.303 e. The van der Waals surface area contributed by atoms with Gasteiger partial charge in [-0.15, -0.1) is 0 Å². The number of piperidine rings is 1. The molecule has 3 atom stereocenters. The Bertz CT molecular complexity index is 1140. The minimum absolute atomic E-state index is 0.204. The molecule has 1 aliphatic heterocycles. The van der Waals surface area contributed by atoms with E-state index in [1.807, 2.05) is 24.3 Å². The van der Waals surface area contributed by atoms with Gasteiger partial charge in [-0.2, -0.15) is 0 Å². The summed E-state index contributed by atoms with van der Waals surface area (Å²) in [5.74, 6) is 0.779. The van der Waals surface area contributed by atoms with E-state index in [2.05, 4.69) is 39.8 Å². The van der Waals surface area contributed by atoms with Crippen LogP contribution >= 0.6 is 0 Å². The molecule has 0 bridgehead atoms. The average Bonchev–Trinajstić information content (AvgIpc) is 3.30. The number of pyridine rings is 1. The molecule has 0 spiro atoms. The second-order valence-corrected chi connectivity index (χ2v) is 10.1. The Morgan fingerprint density at radius 2 is 2.08 bits per heavy atom. The molecule has 1 fully saturated rings. The van der Waals surface area contributed by atoms with E-state index in [0.717, 1.165) is 67.5 Å². The molecule has 3 heterocycles. The van der Waals surface area contributed by atoms with E-state index in [-0.39, 0.29) is 6.42 Å². The summed E-state index contributed by atoms with van der Waals surface area (Å²) in [6.07, 6.45) is 8.88. The standard InChI is InChI=1S/C29H39N3O4/c1-31-16-3-5-23(31)6-4-17-32-18-14-21(22(20-32)8-12-29(34)35)7-11-28(33)25-13-15-30-27-10-9-24(36-2)19-26(25)27/h3,5,9-10,13,15-16,19,21-22,28,33H,4,6-8,11-12,14,17-18,20H2,1-2H3,(H,34,35)/t21-,22-,28-/m1/s1.